The summed E-state index contributed by atoms with van der Waals surface area (Å²) >= 11 is 0. The molecular formula is C34H30FN3O3S. The summed E-state index contributed by atoms with van der Waals surface area (Å²) in [7, 11) is -2.37. The number of hydrogen-bond acceptors (Lipinski definition) is 4. The van der Waals surface area contributed by atoms with Crippen LogP contribution in [0.1, 0.15) is 40.4 Å². The van der Waals surface area contributed by atoms with E-state index in [9.17, 15) is 17.6 Å². The Labute approximate surface area is 244 Å². The Morgan fingerprint density at radius 2 is 1.60 bits per heavy atom. The van der Waals surface area contributed by atoms with Crippen molar-refractivity contribution in [2.24, 2.45) is 5.92 Å². The van der Waals surface area contributed by atoms with Gasteiger partial charge in [0.1, 0.15) is 5.82 Å². The molecule has 0 bridgehead atoms. The highest BCUT2D eigenvalue weighted by Gasteiger charge is 2.35. The first-order chi connectivity index (χ1) is 20.3. The zero-order valence-electron chi connectivity index (χ0n) is 23.1. The average Bonchev–Trinajstić information content (AvgIpc) is 3.86. The average molecular weight is 580 g/mol. The van der Waals surface area contributed by atoms with E-state index in [0.717, 1.165) is 18.4 Å². The number of nitrogens with zero attached hydrogens (tertiary/aromatic N) is 2. The van der Waals surface area contributed by atoms with E-state index in [1.54, 1.807) is 36.4 Å². The maximum absolute atomic E-state index is 14.4. The first-order valence-electron chi connectivity index (χ1n) is 13.9. The fraction of sp³-hybridized carbons (Fsp3) is 0.176. The molecule has 0 radical (unpaired) electrons. The molecule has 1 N–H and O–H groups in total. The molecule has 1 atom stereocenters. The molecule has 0 aliphatic heterocycles. The summed E-state index contributed by atoms with van der Waals surface area (Å²) < 4.78 is 42.6. The minimum Gasteiger partial charge on any atom is -0.345 e. The van der Waals surface area contributed by atoms with Gasteiger partial charge in [-0.2, -0.15) is 4.31 Å². The van der Waals surface area contributed by atoms with Crippen molar-refractivity contribution in [1.82, 2.24) is 14.6 Å². The lowest BCUT2D eigenvalue weighted by atomic mass is 9.95. The number of carbonyl (C=O) groups is 1. The molecule has 1 fully saturated rings. The van der Waals surface area contributed by atoms with E-state index in [4.69, 9.17) is 4.98 Å². The Hall–Kier alpha value is -4.40. The van der Waals surface area contributed by atoms with Gasteiger partial charge in [0.15, 0.2) is 0 Å². The topological polar surface area (TPSA) is 79.4 Å². The van der Waals surface area contributed by atoms with Crippen molar-refractivity contribution in [2.45, 2.75) is 30.3 Å². The zero-order chi connectivity index (χ0) is 29.3. The second-order valence-corrected chi connectivity index (χ2v) is 12.7. The smallest absolute Gasteiger partial charge is 0.252 e. The Morgan fingerprint density at radius 3 is 2.29 bits per heavy atom. The number of aromatic nitrogens is 1. The molecular weight excluding hydrogens is 549 g/mol. The summed E-state index contributed by atoms with van der Waals surface area (Å²) in [5.74, 6) is -0.518. The van der Waals surface area contributed by atoms with E-state index >= 15 is 0 Å². The Balaban J connectivity index is 1.51. The minimum atomic E-state index is -3.87. The van der Waals surface area contributed by atoms with Crippen LogP contribution in [0.2, 0.25) is 0 Å². The molecule has 1 heterocycles. The maximum atomic E-state index is 14.4. The van der Waals surface area contributed by atoms with Crippen molar-refractivity contribution in [3.8, 4) is 11.3 Å². The van der Waals surface area contributed by atoms with Crippen molar-refractivity contribution in [2.75, 3.05) is 7.05 Å². The summed E-state index contributed by atoms with van der Waals surface area (Å²) in [6.45, 7) is -0.0872. The van der Waals surface area contributed by atoms with Gasteiger partial charge in [0.25, 0.3) is 5.91 Å². The highest BCUT2D eigenvalue weighted by atomic mass is 32.2. The first-order valence-corrected chi connectivity index (χ1v) is 15.3. The van der Waals surface area contributed by atoms with Gasteiger partial charge < -0.3 is 5.32 Å². The van der Waals surface area contributed by atoms with Crippen molar-refractivity contribution in [1.29, 1.82) is 0 Å². The van der Waals surface area contributed by atoms with Gasteiger partial charge in [-0.1, -0.05) is 78.9 Å². The van der Waals surface area contributed by atoms with Gasteiger partial charge in [-0.25, -0.2) is 17.8 Å². The van der Waals surface area contributed by atoms with Gasteiger partial charge in [-0.3, -0.25) is 4.79 Å². The van der Waals surface area contributed by atoms with Crippen LogP contribution < -0.4 is 5.32 Å². The van der Waals surface area contributed by atoms with Crippen LogP contribution in [0, 0.1) is 11.7 Å². The number of hydrogen-bond donors (Lipinski definition) is 1. The van der Waals surface area contributed by atoms with E-state index in [2.05, 4.69) is 5.32 Å². The van der Waals surface area contributed by atoms with Crippen molar-refractivity contribution in [3.63, 3.8) is 0 Å². The summed E-state index contributed by atoms with van der Waals surface area (Å²) in [6, 6.07) is 31.0. The second-order valence-electron chi connectivity index (χ2n) is 10.6. The predicted molar refractivity (Wildman–Crippen MR) is 162 cm³/mol. The molecule has 0 saturated heterocycles. The number of para-hydroxylation sites is 1. The van der Waals surface area contributed by atoms with Gasteiger partial charge in [0.2, 0.25) is 10.0 Å². The summed E-state index contributed by atoms with van der Waals surface area (Å²) in [4.78, 5) is 19.5. The number of halogens is 1. The molecule has 1 aromatic heterocycles. The normalized spacial score (nSPS) is 14.2. The molecule has 42 heavy (non-hydrogen) atoms. The Bertz CT molecular complexity index is 1860. The molecule has 1 saturated carbocycles. The third-order valence-electron chi connectivity index (χ3n) is 7.69. The van der Waals surface area contributed by atoms with Gasteiger partial charge in [-0.05, 0) is 54.7 Å². The standard InChI is InChI=1S/C34H30FN3O3S/c1-38(42(40,41)27-15-6-3-7-16-27)22-29-31(34(39)37-32(24-19-20-24)25-13-10-14-26(35)21-25)28-17-8-9-18-30(28)36-33(29)23-11-4-2-5-12-23/h2-18,21,24,32H,19-20,22H2,1H3,(H,37,39)/t32-/m0/s1. The SMILES string of the molecule is CN(Cc1c(-c2ccccc2)nc2ccccc2c1C(=O)N[C@H](c1cccc(F)c1)C1CC1)S(=O)(=O)c1ccccc1. The van der Waals surface area contributed by atoms with Gasteiger partial charge in [0.05, 0.1) is 27.7 Å². The quantitative estimate of drug-likeness (QED) is 0.210. The Morgan fingerprint density at radius 1 is 0.929 bits per heavy atom. The molecule has 1 aliphatic rings. The van der Waals surface area contributed by atoms with Crippen LogP contribution in [0.15, 0.2) is 114 Å². The van der Waals surface area contributed by atoms with Crippen LogP contribution in [0.5, 0.6) is 0 Å². The van der Waals surface area contributed by atoms with Crippen LogP contribution in [0.4, 0.5) is 4.39 Å². The minimum absolute atomic E-state index is 0.0872. The molecule has 212 valence electrons. The highest BCUT2D eigenvalue weighted by Crippen LogP contribution is 2.42. The molecule has 6 rings (SSSR count). The predicted octanol–water partition coefficient (Wildman–Crippen LogP) is 6.74. The van der Waals surface area contributed by atoms with Gasteiger partial charge in [0, 0.05) is 30.1 Å². The number of carbonyl (C=O) groups excluding carboxylic acids is 1. The highest BCUT2D eigenvalue weighted by molar-refractivity contribution is 7.89. The van der Waals surface area contributed by atoms with Crippen LogP contribution in [-0.4, -0.2) is 30.7 Å². The van der Waals surface area contributed by atoms with Crippen molar-refractivity contribution < 1.29 is 17.6 Å². The van der Waals surface area contributed by atoms with E-state index in [-0.39, 0.29) is 35.1 Å². The molecule has 4 aromatic carbocycles. The van der Waals surface area contributed by atoms with Crippen LogP contribution >= 0.6 is 0 Å². The maximum Gasteiger partial charge on any atom is 0.252 e. The number of fused-ring (bicyclic) bond motifs is 1. The number of amides is 1. The molecule has 8 heteroatoms. The number of nitrogens with one attached hydrogen (secondary N) is 1. The molecule has 5 aromatic rings. The lowest BCUT2D eigenvalue weighted by Crippen LogP contribution is -2.33. The number of sulfonamides is 1. The van der Waals surface area contributed by atoms with E-state index in [1.165, 1.54) is 23.5 Å². The van der Waals surface area contributed by atoms with E-state index < -0.39 is 10.0 Å². The molecule has 1 amide bonds. The van der Waals surface area contributed by atoms with E-state index in [1.807, 2.05) is 60.7 Å². The van der Waals surface area contributed by atoms with Crippen LogP contribution in [0.25, 0.3) is 22.2 Å². The molecule has 6 nitrogen and oxygen atoms in total. The monoisotopic (exact) mass is 579 g/mol. The van der Waals surface area contributed by atoms with Crippen molar-refractivity contribution >= 4 is 26.8 Å². The number of pyridine rings is 1. The lowest BCUT2D eigenvalue weighted by Gasteiger charge is -2.24. The third kappa shape index (κ3) is 5.55. The number of benzene rings is 4. The summed E-state index contributed by atoms with van der Waals surface area (Å²) in [5.41, 5.74) is 3.47. The zero-order valence-corrected chi connectivity index (χ0v) is 23.9. The molecule has 0 spiro atoms. The summed E-state index contributed by atoms with van der Waals surface area (Å²) in [6.07, 6.45) is 1.86. The van der Waals surface area contributed by atoms with Crippen LogP contribution in [0.3, 0.4) is 0 Å². The fourth-order valence-electron chi connectivity index (χ4n) is 5.40. The number of rotatable bonds is 9. The lowest BCUT2D eigenvalue weighted by molar-refractivity contribution is 0.0931. The largest absolute Gasteiger partial charge is 0.345 e. The molecule has 1 aliphatic carbocycles. The van der Waals surface area contributed by atoms with Gasteiger partial charge in [-0.15, -0.1) is 0 Å². The van der Waals surface area contributed by atoms with Crippen LogP contribution in [-0.2, 0) is 16.6 Å². The Kier molecular flexibility index (Phi) is 7.58. The molecule has 0 unspecified atom stereocenters. The van der Waals surface area contributed by atoms with E-state index in [0.29, 0.717) is 33.3 Å². The first kappa shape index (κ1) is 27.8. The second kappa shape index (κ2) is 11.5. The van der Waals surface area contributed by atoms with Gasteiger partial charge >= 0.3 is 0 Å². The third-order valence-corrected chi connectivity index (χ3v) is 9.51. The summed E-state index contributed by atoms with van der Waals surface area (Å²) in [5, 5.41) is 3.81. The fourth-order valence-corrected chi connectivity index (χ4v) is 6.56. The van der Waals surface area contributed by atoms with Crippen molar-refractivity contribution in [3.05, 3.63) is 132 Å².